The lowest BCUT2D eigenvalue weighted by Crippen LogP contribution is -1.96. The molecular weight excluding hydrogens is 213 g/mol. The summed E-state index contributed by atoms with van der Waals surface area (Å²) in [5.74, 6) is -0.328. The molecule has 0 fully saturated rings. The van der Waals surface area contributed by atoms with Crippen molar-refractivity contribution in [1.82, 2.24) is 0 Å². The number of hydrogen-bond acceptors (Lipinski definition) is 1. The van der Waals surface area contributed by atoms with Gasteiger partial charge in [0.15, 0.2) is 0 Å². The third-order valence-corrected chi connectivity index (χ3v) is 3.02. The maximum Gasteiger partial charge on any atom is 0.123 e. The zero-order valence-corrected chi connectivity index (χ0v) is 10.5. The second kappa shape index (κ2) is 7.84. The molecule has 0 saturated carbocycles. The van der Waals surface area contributed by atoms with Gasteiger partial charge in [-0.05, 0) is 24.1 Å². The highest BCUT2D eigenvalue weighted by molar-refractivity contribution is 5.25. The Hall–Kier alpha value is -1.36. The molecule has 0 aliphatic rings. The van der Waals surface area contributed by atoms with Crippen molar-refractivity contribution in [3.05, 3.63) is 35.6 Å². The van der Waals surface area contributed by atoms with Crippen LogP contribution in [0.2, 0.25) is 0 Å². The molecule has 1 atom stereocenters. The maximum atomic E-state index is 12.8. The predicted octanol–water partition coefficient (Wildman–Crippen LogP) is 4.79. The first-order valence-electron chi connectivity index (χ1n) is 6.43. The molecule has 0 N–H and O–H groups in total. The van der Waals surface area contributed by atoms with Crippen LogP contribution in [0, 0.1) is 17.1 Å². The van der Waals surface area contributed by atoms with Gasteiger partial charge in [-0.25, -0.2) is 4.39 Å². The van der Waals surface area contributed by atoms with Gasteiger partial charge in [-0.2, -0.15) is 5.26 Å². The number of halogens is 1. The highest BCUT2D eigenvalue weighted by Crippen LogP contribution is 2.22. The molecule has 17 heavy (non-hydrogen) atoms. The van der Waals surface area contributed by atoms with Crippen molar-refractivity contribution in [2.45, 2.75) is 51.4 Å². The first kappa shape index (κ1) is 13.7. The molecule has 2 heteroatoms. The van der Waals surface area contributed by atoms with E-state index in [1.807, 2.05) is 0 Å². The number of benzene rings is 1. The Morgan fingerprint density at radius 2 is 1.76 bits per heavy atom. The summed E-state index contributed by atoms with van der Waals surface area (Å²) in [6, 6.07) is 8.60. The zero-order chi connectivity index (χ0) is 12.5. The summed E-state index contributed by atoms with van der Waals surface area (Å²) in [5, 5.41) is 9.11. The highest BCUT2D eigenvalue weighted by Gasteiger charge is 2.09. The fourth-order valence-corrected chi connectivity index (χ4v) is 1.95. The third kappa shape index (κ3) is 4.99. The molecule has 0 aliphatic heterocycles. The Kier molecular flexibility index (Phi) is 6.32. The summed E-state index contributed by atoms with van der Waals surface area (Å²) < 4.78 is 12.8. The number of nitriles is 1. The molecule has 0 bridgehead atoms. The average molecular weight is 233 g/mol. The Morgan fingerprint density at radius 3 is 2.35 bits per heavy atom. The summed E-state index contributed by atoms with van der Waals surface area (Å²) in [7, 11) is 0. The van der Waals surface area contributed by atoms with E-state index >= 15 is 0 Å². The van der Waals surface area contributed by atoms with E-state index in [9.17, 15) is 4.39 Å². The number of rotatable bonds is 7. The van der Waals surface area contributed by atoms with E-state index in [0.717, 1.165) is 18.4 Å². The van der Waals surface area contributed by atoms with Gasteiger partial charge in [0.05, 0.1) is 12.0 Å². The van der Waals surface area contributed by atoms with Crippen LogP contribution in [0.1, 0.15) is 56.9 Å². The summed E-state index contributed by atoms with van der Waals surface area (Å²) in [4.78, 5) is 0. The van der Waals surface area contributed by atoms with Gasteiger partial charge in [-0.3, -0.25) is 0 Å². The standard InChI is InChI=1S/C15H20FN/c1-2-3-4-5-6-7-14(12-17)13-8-10-15(16)11-9-13/h8-11,14H,2-7H2,1H3. The molecule has 0 amide bonds. The van der Waals surface area contributed by atoms with Crippen LogP contribution in [0.25, 0.3) is 0 Å². The van der Waals surface area contributed by atoms with E-state index in [-0.39, 0.29) is 11.7 Å². The lowest BCUT2D eigenvalue weighted by molar-refractivity contribution is 0.588. The lowest BCUT2D eigenvalue weighted by atomic mass is 9.94. The molecule has 0 aromatic heterocycles. The molecule has 1 rings (SSSR count). The van der Waals surface area contributed by atoms with Crippen LogP contribution in [-0.4, -0.2) is 0 Å². The van der Waals surface area contributed by atoms with Gasteiger partial charge in [0.1, 0.15) is 5.82 Å². The van der Waals surface area contributed by atoms with Gasteiger partial charge >= 0.3 is 0 Å². The van der Waals surface area contributed by atoms with Crippen molar-refractivity contribution in [3.63, 3.8) is 0 Å². The van der Waals surface area contributed by atoms with E-state index in [1.54, 1.807) is 12.1 Å². The van der Waals surface area contributed by atoms with Crippen molar-refractivity contribution >= 4 is 0 Å². The second-order valence-electron chi connectivity index (χ2n) is 4.44. The minimum Gasteiger partial charge on any atom is -0.207 e. The quantitative estimate of drug-likeness (QED) is 0.621. The Bertz CT molecular complexity index is 350. The Labute approximate surface area is 103 Å². The Morgan fingerprint density at radius 1 is 1.12 bits per heavy atom. The molecule has 1 aromatic rings. The zero-order valence-electron chi connectivity index (χ0n) is 10.5. The van der Waals surface area contributed by atoms with Gasteiger partial charge in [0.2, 0.25) is 0 Å². The van der Waals surface area contributed by atoms with Gasteiger partial charge < -0.3 is 0 Å². The van der Waals surface area contributed by atoms with Crippen molar-refractivity contribution in [1.29, 1.82) is 5.26 Å². The van der Waals surface area contributed by atoms with Crippen LogP contribution in [0.15, 0.2) is 24.3 Å². The van der Waals surface area contributed by atoms with Gasteiger partial charge in [-0.15, -0.1) is 0 Å². The fourth-order valence-electron chi connectivity index (χ4n) is 1.95. The average Bonchev–Trinajstić information content (AvgIpc) is 2.35. The number of hydrogen-bond donors (Lipinski definition) is 0. The van der Waals surface area contributed by atoms with Gasteiger partial charge in [0, 0.05) is 0 Å². The summed E-state index contributed by atoms with van der Waals surface area (Å²) >= 11 is 0. The number of nitrogens with zero attached hydrogens (tertiary/aromatic N) is 1. The summed E-state index contributed by atoms with van der Waals surface area (Å²) in [6.45, 7) is 2.19. The SMILES string of the molecule is CCCCCCCC(C#N)c1ccc(F)cc1. The van der Waals surface area contributed by atoms with Gasteiger partial charge in [-0.1, -0.05) is 51.2 Å². The Balaban J connectivity index is 2.39. The van der Waals surface area contributed by atoms with Gasteiger partial charge in [0.25, 0.3) is 0 Å². The molecule has 0 radical (unpaired) electrons. The van der Waals surface area contributed by atoms with Crippen LogP contribution < -0.4 is 0 Å². The van der Waals surface area contributed by atoms with Crippen LogP contribution in [-0.2, 0) is 0 Å². The first-order valence-corrected chi connectivity index (χ1v) is 6.43. The summed E-state index contributed by atoms with van der Waals surface area (Å²) in [6.07, 6.45) is 6.90. The van der Waals surface area contributed by atoms with Crippen LogP contribution in [0.4, 0.5) is 4.39 Å². The van der Waals surface area contributed by atoms with Crippen molar-refractivity contribution in [2.75, 3.05) is 0 Å². The monoisotopic (exact) mass is 233 g/mol. The molecule has 0 spiro atoms. The lowest BCUT2D eigenvalue weighted by Gasteiger charge is -2.09. The van der Waals surface area contributed by atoms with E-state index < -0.39 is 0 Å². The third-order valence-electron chi connectivity index (χ3n) is 3.02. The van der Waals surface area contributed by atoms with E-state index in [1.165, 1.54) is 37.8 Å². The van der Waals surface area contributed by atoms with Crippen molar-refractivity contribution < 1.29 is 4.39 Å². The van der Waals surface area contributed by atoms with Crippen LogP contribution >= 0.6 is 0 Å². The molecule has 0 heterocycles. The molecule has 92 valence electrons. The molecular formula is C15H20FN. The van der Waals surface area contributed by atoms with Crippen LogP contribution in [0.3, 0.4) is 0 Å². The molecule has 1 nitrogen and oxygen atoms in total. The highest BCUT2D eigenvalue weighted by atomic mass is 19.1. The van der Waals surface area contributed by atoms with Crippen molar-refractivity contribution in [3.8, 4) is 6.07 Å². The van der Waals surface area contributed by atoms with Crippen LogP contribution in [0.5, 0.6) is 0 Å². The minimum absolute atomic E-state index is 0.0859. The fraction of sp³-hybridized carbons (Fsp3) is 0.533. The minimum atomic E-state index is -0.242. The smallest absolute Gasteiger partial charge is 0.123 e. The van der Waals surface area contributed by atoms with E-state index in [2.05, 4.69) is 13.0 Å². The topological polar surface area (TPSA) is 23.8 Å². The van der Waals surface area contributed by atoms with E-state index in [0.29, 0.717) is 0 Å². The maximum absolute atomic E-state index is 12.8. The molecule has 1 unspecified atom stereocenters. The van der Waals surface area contributed by atoms with Crippen molar-refractivity contribution in [2.24, 2.45) is 0 Å². The molecule has 0 aliphatic carbocycles. The summed E-state index contributed by atoms with van der Waals surface area (Å²) in [5.41, 5.74) is 0.935. The molecule has 1 aromatic carbocycles. The normalized spacial score (nSPS) is 12.1. The largest absolute Gasteiger partial charge is 0.207 e. The molecule has 0 saturated heterocycles. The number of unbranched alkanes of at least 4 members (excludes halogenated alkanes) is 4. The first-order chi connectivity index (χ1) is 8.27. The predicted molar refractivity (Wildman–Crippen MR) is 68.1 cm³/mol. The second-order valence-corrected chi connectivity index (χ2v) is 4.44. The van der Waals surface area contributed by atoms with E-state index in [4.69, 9.17) is 5.26 Å².